The SMILES string of the molecule is Cc1ccc(C(O)=C2C(=O)C(=O)N[C@H]2c2ccc3c(c2)OCO3)cc1. The van der Waals surface area contributed by atoms with E-state index in [4.69, 9.17) is 9.47 Å². The predicted octanol–water partition coefficient (Wildman–Crippen LogP) is 2.43. The van der Waals surface area contributed by atoms with Crippen LogP contribution in [0.2, 0.25) is 0 Å². The first kappa shape index (κ1) is 15.3. The third kappa shape index (κ3) is 2.52. The van der Waals surface area contributed by atoms with E-state index in [1.54, 1.807) is 30.3 Å². The molecule has 2 aromatic carbocycles. The zero-order valence-electron chi connectivity index (χ0n) is 13.4. The number of benzene rings is 2. The Hall–Kier alpha value is -3.28. The number of ether oxygens (including phenoxy) is 2. The van der Waals surface area contributed by atoms with Gasteiger partial charge in [0.2, 0.25) is 6.79 Å². The fraction of sp³-hybridized carbons (Fsp3) is 0.158. The molecule has 0 aromatic heterocycles. The zero-order valence-corrected chi connectivity index (χ0v) is 13.4. The van der Waals surface area contributed by atoms with E-state index in [-0.39, 0.29) is 18.1 Å². The lowest BCUT2D eigenvalue weighted by Crippen LogP contribution is -2.21. The molecule has 126 valence electrons. The molecular weight excluding hydrogens is 322 g/mol. The summed E-state index contributed by atoms with van der Waals surface area (Å²) in [6, 6.07) is 11.5. The summed E-state index contributed by atoms with van der Waals surface area (Å²) in [6.07, 6.45) is 0. The van der Waals surface area contributed by atoms with Crippen LogP contribution in [0.4, 0.5) is 0 Å². The molecule has 0 bridgehead atoms. The molecule has 0 aliphatic carbocycles. The van der Waals surface area contributed by atoms with Crippen LogP contribution in [0.5, 0.6) is 11.5 Å². The van der Waals surface area contributed by atoms with Gasteiger partial charge in [-0.15, -0.1) is 0 Å². The number of Topliss-reactive ketones (excluding diaryl/α,β-unsaturated/α-hetero) is 1. The molecule has 6 nitrogen and oxygen atoms in total. The molecule has 2 aliphatic rings. The molecule has 0 unspecified atom stereocenters. The molecule has 2 heterocycles. The normalized spacial score (nSPS) is 20.6. The minimum Gasteiger partial charge on any atom is -0.507 e. The van der Waals surface area contributed by atoms with Gasteiger partial charge in [0.15, 0.2) is 11.5 Å². The quantitative estimate of drug-likeness (QED) is 0.499. The smallest absolute Gasteiger partial charge is 0.293 e. The minimum atomic E-state index is -0.740. The van der Waals surface area contributed by atoms with Crippen LogP contribution in [0.1, 0.15) is 22.7 Å². The standard InChI is InChI=1S/C19H15NO5/c1-10-2-4-11(5-3-10)17(21)15-16(20-19(23)18(15)22)12-6-7-13-14(8-12)25-9-24-13/h2-8,16,21H,9H2,1H3,(H,20,23)/t16-/m0/s1. The van der Waals surface area contributed by atoms with Gasteiger partial charge < -0.3 is 19.9 Å². The molecular formula is C19H15NO5. The van der Waals surface area contributed by atoms with Gasteiger partial charge in [0.1, 0.15) is 5.76 Å². The Balaban J connectivity index is 1.81. The van der Waals surface area contributed by atoms with Crippen molar-refractivity contribution >= 4 is 17.4 Å². The lowest BCUT2D eigenvalue weighted by molar-refractivity contribution is -0.133. The topological polar surface area (TPSA) is 84.9 Å². The Morgan fingerprint density at radius 1 is 1.08 bits per heavy atom. The molecule has 0 saturated carbocycles. The van der Waals surface area contributed by atoms with Gasteiger partial charge >= 0.3 is 0 Å². The number of carbonyl (C=O) groups excluding carboxylic acids is 2. The monoisotopic (exact) mass is 337 g/mol. The third-order valence-electron chi connectivity index (χ3n) is 4.33. The van der Waals surface area contributed by atoms with E-state index in [0.29, 0.717) is 22.6 Å². The van der Waals surface area contributed by atoms with Gasteiger partial charge in [0.05, 0.1) is 11.6 Å². The summed E-state index contributed by atoms with van der Waals surface area (Å²) in [5, 5.41) is 13.3. The van der Waals surface area contributed by atoms with E-state index in [0.717, 1.165) is 5.56 Å². The Labute approximate surface area is 143 Å². The van der Waals surface area contributed by atoms with Crippen molar-refractivity contribution in [3.05, 3.63) is 64.7 Å². The van der Waals surface area contributed by atoms with Crippen LogP contribution in [-0.4, -0.2) is 23.6 Å². The van der Waals surface area contributed by atoms with E-state index in [9.17, 15) is 14.7 Å². The minimum absolute atomic E-state index is 0.0349. The number of aliphatic hydroxyl groups is 1. The summed E-state index contributed by atoms with van der Waals surface area (Å²) in [6.45, 7) is 2.06. The highest BCUT2D eigenvalue weighted by Gasteiger charge is 2.40. The van der Waals surface area contributed by atoms with Crippen molar-refractivity contribution < 1.29 is 24.2 Å². The molecule has 6 heteroatoms. The fourth-order valence-corrected chi connectivity index (χ4v) is 2.98. The van der Waals surface area contributed by atoms with Crippen molar-refractivity contribution in [3.8, 4) is 11.5 Å². The number of nitrogens with one attached hydrogen (secondary N) is 1. The van der Waals surface area contributed by atoms with Crippen LogP contribution in [0.15, 0.2) is 48.0 Å². The lowest BCUT2D eigenvalue weighted by atomic mass is 9.95. The summed E-state index contributed by atoms with van der Waals surface area (Å²) >= 11 is 0. The highest BCUT2D eigenvalue weighted by atomic mass is 16.7. The maximum Gasteiger partial charge on any atom is 0.293 e. The summed E-state index contributed by atoms with van der Waals surface area (Å²) in [5.41, 5.74) is 2.18. The van der Waals surface area contributed by atoms with Crippen LogP contribution in [0.25, 0.3) is 5.76 Å². The number of aryl methyl sites for hydroxylation is 1. The molecule has 2 N–H and O–H groups in total. The average molecular weight is 337 g/mol. The Morgan fingerprint density at radius 3 is 2.56 bits per heavy atom. The highest BCUT2D eigenvalue weighted by Crippen LogP contribution is 2.38. The van der Waals surface area contributed by atoms with Gasteiger partial charge in [-0.1, -0.05) is 35.9 Å². The molecule has 0 spiro atoms. The van der Waals surface area contributed by atoms with Gasteiger partial charge in [0, 0.05) is 5.56 Å². The van der Waals surface area contributed by atoms with Crippen LogP contribution in [0, 0.1) is 6.92 Å². The van der Waals surface area contributed by atoms with Crippen molar-refractivity contribution in [2.24, 2.45) is 0 Å². The van der Waals surface area contributed by atoms with E-state index in [1.807, 2.05) is 19.1 Å². The number of carbonyl (C=O) groups is 2. The Kier molecular flexibility index (Phi) is 3.46. The fourth-order valence-electron chi connectivity index (χ4n) is 2.98. The first-order valence-corrected chi connectivity index (χ1v) is 7.79. The van der Waals surface area contributed by atoms with E-state index in [1.165, 1.54) is 0 Å². The summed E-state index contributed by atoms with van der Waals surface area (Å²) < 4.78 is 10.6. The van der Waals surface area contributed by atoms with Gasteiger partial charge in [-0.05, 0) is 24.6 Å². The number of amides is 1. The first-order valence-electron chi connectivity index (χ1n) is 7.79. The second kappa shape index (κ2) is 5.66. The summed E-state index contributed by atoms with van der Waals surface area (Å²) in [7, 11) is 0. The highest BCUT2D eigenvalue weighted by molar-refractivity contribution is 6.46. The van der Waals surface area contributed by atoms with Crippen LogP contribution >= 0.6 is 0 Å². The molecule has 2 aliphatic heterocycles. The average Bonchev–Trinajstić information content (AvgIpc) is 3.19. The zero-order chi connectivity index (χ0) is 17.6. The molecule has 1 fully saturated rings. The van der Waals surface area contributed by atoms with E-state index >= 15 is 0 Å². The van der Waals surface area contributed by atoms with Crippen molar-refractivity contribution in [1.82, 2.24) is 5.32 Å². The molecule has 2 aromatic rings. The second-order valence-electron chi connectivity index (χ2n) is 5.98. The van der Waals surface area contributed by atoms with Crippen molar-refractivity contribution in [3.63, 3.8) is 0 Å². The third-order valence-corrected chi connectivity index (χ3v) is 4.33. The van der Waals surface area contributed by atoms with Gasteiger partial charge in [-0.2, -0.15) is 0 Å². The molecule has 1 atom stereocenters. The summed E-state index contributed by atoms with van der Waals surface area (Å²) in [4.78, 5) is 24.2. The summed E-state index contributed by atoms with van der Waals surface area (Å²) in [5.74, 6) is -0.531. The van der Waals surface area contributed by atoms with Gasteiger partial charge in [-0.25, -0.2) is 0 Å². The number of hydrogen-bond acceptors (Lipinski definition) is 5. The van der Waals surface area contributed by atoms with Gasteiger partial charge in [0.25, 0.3) is 11.7 Å². The molecule has 4 rings (SSSR count). The first-order chi connectivity index (χ1) is 12.0. The van der Waals surface area contributed by atoms with Crippen molar-refractivity contribution in [1.29, 1.82) is 0 Å². The second-order valence-corrected chi connectivity index (χ2v) is 5.98. The molecule has 1 amide bonds. The predicted molar refractivity (Wildman–Crippen MR) is 89.2 cm³/mol. The Morgan fingerprint density at radius 2 is 1.80 bits per heavy atom. The maximum atomic E-state index is 12.3. The maximum absolute atomic E-state index is 12.3. The van der Waals surface area contributed by atoms with Gasteiger partial charge in [-0.3, -0.25) is 9.59 Å². The van der Waals surface area contributed by atoms with Crippen LogP contribution in [-0.2, 0) is 9.59 Å². The van der Waals surface area contributed by atoms with Crippen molar-refractivity contribution in [2.45, 2.75) is 13.0 Å². The number of rotatable bonds is 2. The Bertz CT molecular complexity index is 914. The number of fused-ring (bicyclic) bond motifs is 1. The number of ketones is 1. The lowest BCUT2D eigenvalue weighted by Gasteiger charge is -2.14. The largest absolute Gasteiger partial charge is 0.507 e. The molecule has 0 radical (unpaired) electrons. The molecule has 1 saturated heterocycles. The van der Waals surface area contributed by atoms with E-state index in [2.05, 4.69) is 5.32 Å². The van der Waals surface area contributed by atoms with Crippen LogP contribution < -0.4 is 14.8 Å². The van der Waals surface area contributed by atoms with Crippen molar-refractivity contribution in [2.75, 3.05) is 6.79 Å². The van der Waals surface area contributed by atoms with E-state index < -0.39 is 17.7 Å². The van der Waals surface area contributed by atoms with Crippen LogP contribution in [0.3, 0.4) is 0 Å². The molecule has 25 heavy (non-hydrogen) atoms. The number of hydrogen-bond donors (Lipinski definition) is 2. The number of aliphatic hydroxyl groups excluding tert-OH is 1.